The molecule has 0 radical (unpaired) electrons. The van der Waals surface area contributed by atoms with Crippen molar-refractivity contribution in [1.82, 2.24) is 0 Å². The van der Waals surface area contributed by atoms with E-state index in [1.807, 2.05) is 0 Å². The number of para-hydroxylation sites is 6. The molecule has 456 valence electrons. The maximum Gasteiger partial charge on any atom is 0.0620 e. The van der Waals surface area contributed by atoms with E-state index in [-0.39, 0.29) is 0 Å². The Morgan fingerprint density at radius 3 is 0.938 bits per heavy atom. The molecule has 0 fully saturated rings. The van der Waals surface area contributed by atoms with Gasteiger partial charge in [-0.2, -0.15) is 0 Å². The SMILES string of the molecule is CC12c3ccc(cc3)-c3ccccc3N(c3ccccc3-c3ccccc3)c3ccc(c1c3)-c1cc3c(N(c4ccccc4-c4ccccc4)c4ccccc4-c4ccccc4)c4ccccc4c(N(c4ccccc4-c4ccccc4)c4ccccc4-c4ccccc4)c3cc12. The number of hydrogen-bond acceptors (Lipinski definition) is 3. The molecular weight excluding hydrogens is 1170 g/mol. The summed E-state index contributed by atoms with van der Waals surface area (Å²) in [5.74, 6) is 0. The number of anilines is 9. The van der Waals surface area contributed by atoms with Gasteiger partial charge in [0.2, 0.25) is 0 Å². The standard InChI is InChI=1S/C94H65N3/c1-94-70-57-55-69(56-58-70)77-46-20-26-50-87(77)95(86-49-25-19-41-72(86)64-31-7-2-8-32-64)71-59-60-78(84(94)61-71)81-62-82-83(63-85(81)94)93(97(90-53-29-23-44-75(90)67-37-13-5-14-38-67)91-54-30-24-45-76(91)68-39-15-6-16-40-68)80-48-18-17-47-79(80)92(82)96(88-51-27-21-42-73(88)65-33-9-3-10-34-65)89-52-28-22-43-74(89)66-35-11-4-12-36-66/h2-63H,1H3. The second-order valence-corrected chi connectivity index (χ2v) is 25.6. The molecule has 16 aromatic carbocycles. The van der Waals surface area contributed by atoms with Crippen molar-refractivity contribution < 1.29 is 0 Å². The van der Waals surface area contributed by atoms with Gasteiger partial charge < -0.3 is 14.7 Å². The fourth-order valence-electron chi connectivity index (χ4n) is 15.8. The molecule has 1 unspecified atom stereocenters. The summed E-state index contributed by atoms with van der Waals surface area (Å²) in [5, 5.41) is 4.44. The maximum absolute atomic E-state index is 2.62. The average molecular weight is 1240 g/mol. The summed E-state index contributed by atoms with van der Waals surface area (Å²) in [4.78, 5) is 7.73. The Morgan fingerprint density at radius 1 is 0.227 bits per heavy atom. The molecule has 0 amide bonds. The molecule has 3 heteroatoms. The third kappa shape index (κ3) is 9.49. The Morgan fingerprint density at radius 2 is 0.536 bits per heavy atom. The quantitative estimate of drug-likeness (QED) is 0.0892. The van der Waals surface area contributed by atoms with E-state index in [1.54, 1.807) is 0 Å². The number of hydrogen-bond donors (Lipinski definition) is 0. The van der Waals surface area contributed by atoms with Crippen molar-refractivity contribution in [3.63, 3.8) is 0 Å². The molecule has 3 aliphatic rings. The van der Waals surface area contributed by atoms with E-state index in [2.05, 4.69) is 398 Å². The van der Waals surface area contributed by atoms with Gasteiger partial charge in [-0.1, -0.05) is 315 Å². The third-order valence-electron chi connectivity index (χ3n) is 20.2. The summed E-state index contributed by atoms with van der Waals surface area (Å²) in [6, 6.07) is 140. The molecule has 0 saturated heterocycles. The minimum absolute atomic E-state index is 0.661. The first-order valence-electron chi connectivity index (χ1n) is 33.6. The molecule has 0 N–H and O–H groups in total. The van der Waals surface area contributed by atoms with Crippen molar-refractivity contribution in [2.24, 2.45) is 0 Å². The average Bonchev–Trinajstić information content (AvgIpc) is 1.64. The van der Waals surface area contributed by atoms with E-state index >= 15 is 0 Å². The fourth-order valence-corrected chi connectivity index (χ4v) is 15.8. The zero-order valence-corrected chi connectivity index (χ0v) is 53.6. The van der Waals surface area contributed by atoms with Crippen LogP contribution in [-0.2, 0) is 5.41 Å². The first-order valence-corrected chi connectivity index (χ1v) is 33.6. The zero-order valence-electron chi connectivity index (χ0n) is 53.6. The van der Waals surface area contributed by atoms with Gasteiger partial charge in [0, 0.05) is 66.0 Å². The third-order valence-corrected chi connectivity index (χ3v) is 20.2. The Hall–Kier alpha value is -12.6. The van der Waals surface area contributed by atoms with E-state index in [0.717, 1.165) is 139 Å². The van der Waals surface area contributed by atoms with Gasteiger partial charge in [0.25, 0.3) is 0 Å². The van der Waals surface area contributed by atoms with Crippen LogP contribution < -0.4 is 14.7 Å². The van der Waals surface area contributed by atoms with Crippen LogP contribution in [0.25, 0.3) is 99.4 Å². The molecule has 1 aliphatic carbocycles. The first kappa shape index (κ1) is 57.1. The van der Waals surface area contributed by atoms with Crippen LogP contribution in [0, 0.1) is 0 Å². The molecule has 0 aromatic heterocycles. The largest absolute Gasteiger partial charge is 0.309 e. The maximum atomic E-state index is 2.62. The van der Waals surface area contributed by atoms with Crippen molar-refractivity contribution in [2.75, 3.05) is 14.7 Å². The minimum atomic E-state index is -0.661. The van der Waals surface area contributed by atoms with Gasteiger partial charge in [-0.05, 0) is 129 Å². The summed E-state index contributed by atoms with van der Waals surface area (Å²) >= 11 is 0. The summed E-state index contributed by atoms with van der Waals surface area (Å²) < 4.78 is 0. The second kappa shape index (κ2) is 23.8. The topological polar surface area (TPSA) is 9.72 Å². The van der Waals surface area contributed by atoms with Crippen LogP contribution in [0.4, 0.5) is 51.2 Å². The summed E-state index contributed by atoms with van der Waals surface area (Å²) in [7, 11) is 0. The van der Waals surface area contributed by atoms with E-state index in [9.17, 15) is 0 Å². The molecule has 1 atom stereocenters. The number of fused-ring (bicyclic) bond motifs is 6. The lowest BCUT2D eigenvalue weighted by molar-refractivity contribution is 0.715. The van der Waals surface area contributed by atoms with E-state index < -0.39 is 5.41 Å². The van der Waals surface area contributed by atoms with Crippen molar-refractivity contribution >= 4 is 72.7 Å². The minimum Gasteiger partial charge on any atom is -0.309 e. The highest BCUT2D eigenvalue weighted by Crippen LogP contribution is 2.61. The van der Waals surface area contributed by atoms with Crippen molar-refractivity contribution in [1.29, 1.82) is 0 Å². The van der Waals surface area contributed by atoms with Crippen LogP contribution in [0.15, 0.2) is 376 Å². The van der Waals surface area contributed by atoms with Gasteiger partial charge in [-0.3, -0.25) is 0 Å². The highest BCUT2D eigenvalue weighted by atomic mass is 15.2. The van der Waals surface area contributed by atoms with Gasteiger partial charge in [0.05, 0.1) is 45.5 Å². The molecule has 2 heterocycles. The van der Waals surface area contributed by atoms with Gasteiger partial charge >= 0.3 is 0 Å². The van der Waals surface area contributed by atoms with E-state index in [0.29, 0.717) is 0 Å². The summed E-state index contributed by atoms with van der Waals surface area (Å²) in [6.45, 7) is 2.49. The van der Waals surface area contributed by atoms with Crippen molar-refractivity contribution in [3.05, 3.63) is 393 Å². The van der Waals surface area contributed by atoms with Crippen molar-refractivity contribution in [3.8, 4) is 77.9 Å². The number of benzene rings is 16. The number of nitrogens with zero attached hydrogens (tertiary/aromatic N) is 3. The predicted molar refractivity (Wildman–Crippen MR) is 409 cm³/mol. The summed E-state index contributed by atoms with van der Waals surface area (Å²) in [5.41, 5.74) is 28.9. The van der Waals surface area contributed by atoms with Crippen LogP contribution in [0.1, 0.15) is 23.6 Å². The molecule has 16 aromatic rings. The molecule has 2 aliphatic heterocycles. The highest BCUT2D eigenvalue weighted by molar-refractivity contribution is 6.26. The lowest BCUT2D eigenvalue weighted by atomic mass is 9.73. The normalized spacial score (nSPS) is 13.4. The Labute approximate surface area is 567 Å². The lowest BCUT2D eigenvalue weighted by Gasteiger charge is -2.36. The Balaban J connectivity index is 1.01. The van der Waals surface area contributed by atoms with E-state index in [4.69, 9.17) is 0 Å². The number of rotatable bonds is 12. The van der Waals surface area contributed by atoms with Crippen molar-refractivity contribution in [2.45, 2.75) is 12.3 Å². The predicted octanol–water partition coefficient (Wildman–Crippen LogP) is 26.1. The monoisotopic (exact) mass is 1240 g/mol. The molecule has 4 bridgehead atoms. The van der Waals surface area contributed by atoms with Crippen LogP contribution in [0.5, 0.6) is 0 Å². The second-order valence-electron chi connectivity index (χ2n) is 25.6. The molecule has 97 heavy (non-hydrogen) atoms. The first-order chi connectivity index (χ1) is 48.1. The van der Waals surface area contributed by atoms with Gasteiger partial charge in [0.1, 0.15) is 0 Å². The molecule has 19 rings (SSSR count). The van der Waals surface area contributed by atoms with Gasteiger partial charge in [0.15, 0.2) is 0 Å². The van der Waals surface area contributed by atoms with Crippen LogP contribution in [-0.4, -0.2) is 0 Å². The van der Waals surface area contributed by atoms with Gasteiger partial charge in [-0.15, -0.1) is 0 Å². The molecule has 0 saturated carbocycles. The zero-order chi connectivity index (χ0) is 64.4. The van der Waals surface area contributed by atoms with Crippen LogP contribution in [0.3, 0.4) is 0 Å². The smallest absolute Gasteiger partial charge is 0.0620 e. The molecule has 3 nitrogen and oxygen atoms in total. The Kier molecular flexibility index (Phi) is 14.0. The van der Waals surface area contributed by atoms with Gasteiger partial charge in [-0.25, -0.2) is 0 Å². The molecule has 0 spiro atoms. The van der Waals surface area contributed by atoms with E-state index in [1.165, 1.54) is 27.8 Å². The fraction of sp³-hybridized carbons (Fsp3) is 0.0213. The van der Waals surface area contributed by atoms with Crippen LogP contribution >= 0.6 is 0 Å². The lowest BCUT2D eigenvalue weighted by Crippen LogP contribution is -2.23. The van der Waals surface area contributed by atoms with Crippen LogP contribution in [0.2, 0.25) is 0 Å². The summed E-state index contributed by atoms with van der Waals surface area (Å²) in [6.07, 6.45) is 0. The molecular formula is C94H65N3. The Bertz CT molecular complexity index is 5490. The highest BCUT2D eigenvalue weighted by Gasteiger charge is 2.44.